The van der Waals surface area contributed by atoms with Gasteiger partial charge in [-0.25, -0.2) is 0 Å². The van der Waals surface area contributed by atoms with E-state index in [1.165, 1.54) is 12.1 Å². The lowest BCUT2D eigenvalue weighted by Crippen LogP contribution is -2.35. The van der Waals surface area contributed by atoms with Crippen LogP contribution < -0.4 is 0 Å². The number of phenolic OH excluding ortho intramolecular Hbond substituents is 1. The number of thioether (sulfide) groups is 1. The fourth-order valence-corrected chi connectivity index (χ4v) is 4.92. The molecule has 2 aromatic rings. The number of rotatable bonds is 4. The number of amidine groups is 1. The van der Waals surface area contributed by atoms with Crippen molar-refractivity contribution in [1.29, 1.82) is 0 Å². The Morgan fingerprint density at radius 2 is 2.23 bits per heavy atom. The van der Waals surface area contributed by atoms with E-state index in [-0.39, 0.29) is 23.5 Å². The Hall–Kier alpha value is -2.61. The van der Waals surface area contributed by atoms with Gasteiger partial charge in [-0.3, -0.25) is 20.1 Å². The van der Waals surface area contributed by atoms with Crippen LogP contribution in [0.3, 0.4) is 0 Å². The number of nitro benzene ring substituents is 1. The first-order valence-electron chi connectivity index (χ1n) is 8.47. The molecular formula is C18H18N4O3S. The van der Waals surface area contributed by atoms with Gasteiger partial charge in [0.25, 0.3) is 0 Å². The molecule has 0 radical (unpaired) electrons. The highest BCUT2D eigenvalue weighted by Gasteiger charge is 2.45. The Bertz CT molecular complexity index is 874. The highest BCUT2D eigenvalue weighted by molar-refractivity contribution is 8.14. The maximum Gasteiger partial charge on any atom is 0.311 e. The molecule has 4 rings (SSSR count). The van der Waals surface area contributed by atoms with Gasteiger partial charge in [-0.15, -0.1) is 0 Å². The second-order valence-corrected chi connectivity index (χ2v) is 7.33. The predicted molar refractivity (Wildman–Crippen MR) is 100 cm³/mol. The van der Waals surface area contributed by atoms with Crippen LogP contribution in [0.4, 0.5) is 5.69 Å². The zero-order chi connectivity index (χ0) is 18.3. The van der Waals surface area contributed by atoms with Gasteiger partial charge in [0.1, 0.15) is 6.04 Å². The number of nitro groups is 1. The Kier molecular flexibility index (Phi) is 4.28. The first-order chi connectivity index (χ1) is 12.6. The maximum absolute atomic E-state index is 11.3. The SMILES string of the molecule is CC[C@@H]1CSC2=N[C@@H](c3ccccn3)[C@H](c3ccc(O)c([N+](=O)[O-])c3)N21. The molecule has 0 aliphatic carbocycles. The molecule has 0 spiro atoms. The summed E-state index contributed by atoms with van der Waals surface area (Å²) >= 11 is 1.72. The summed E-state index contributed by atoms with van der Waals surface area (Å²) in [6.45, 7) is 2.14. The number of fused-ring (bicyclic) bond motifs is 1. The van der Waals surface area contributed by atoms with E-state index in [0.717, 1.165) is 28.6 Å². The minimum Gasteiger partial charge on any atom is -0.502 e. The normalized spacial score (nSPS) is 24.4. The maximum atomic E-state index is 11.3. The van der Waals surface area contributed by atoms with Crippen molar-refractivity contribution < 1.29 is 10.0 Å². The van der Waals surface area contributed by atoms with E-state index < -0.39 is 4.92 Å². The number of phenols is 1. The van der Waals surface area contributed by atoms with Crippen molar-refractivity contribution in [3.63, 3.8) is 0 Å². The molecular weight excluding hydrogens is 352 g/mol. The molecule has 0 bridgehead atoms. The summed E-state index contributed by atoms with van der Waals surface area (Å²) in [5.74, 6) is 0.635. The topological polar surface area (TPSA) is 91.9 Å². The molecule has 134 valence electrons. The molecule has 1 aromatic carbocycles. The van der Waals surface area contributed by atoms with Crippen LogP contribution >= 0.6 is 11.8 Å². The molecule has 1 fully saturated rings. The highest BCUT2D eigenvalue weighted by Crippen LogP contribution is 2.49. The Labute approximate surface area is 154 Å². The molecule has 7 nitrogen and oxygen atoms in total. The molecule has 1 N–H and O–H groups in total. The van der Waals surface area contributed by atoms with Gasteiger partial charge in [-0.2, -0.15) is 0 Å². The summed E-state index contributed by atoms with van der Waals surface area (Å²) in [6.07, 6.45) is 2.71. The molecule has 0 saturated carbocycles. The van der Waals surface area contributed by atoms with Crippen LogP contribution in [0.5, 0.6) is 5.75 Å². The van der Waals surface area contributed by atoms with Crippen molar-refractivity contribution in [3.05, 3.63) is 64.0 Å². The zero-order valence-corrected chi connectivity index (χ0v) is 15.0. The molecule has 8 heteroatoms. The van der Waals surface area contributed by atoms with Gasteiger partial charge in [-0.1, -0.05) is 30.8 Å². The number of aliphatic imine (C=N–C) groups is 1. The molecule has 1 aromatic heterocycles. The van der Waals surface area contributed by atoms with Gasteiger partial charge in [0, 0.05) is 24.1 Å². The van der Waals surface area contributed by atoms with Gasteiger partial charge in [-0.05, 0) is 30.2 Å². The summed E-state index contributed by atoms with van der Waals surface area (Å²) < 4.78 is 0. The Balaban J connectivity index is 1.82. The molecule has 0 amide bonds. The minimum atomic E-state index is -0.554. The molecule has 3 heterocycles. The first-order valence-corrected chi connectivity index (χ1v) is 9.46. The quantitative estimate of drug-likeness (QED) is 0.652. The van der Waals surface area contributed by atoms with Gasteiger partial charge in [0.15, 0.2) is 10.9 Å². The second-order valence-electron chi connectivity index (χ2n) is 6.34. The average Bonchev–Trinajstić information content (AvgIpc) is 3.21. The lowest BCUT2D eigenvalue weighted by atomic mass is 9.94. The van der Waals surface area contributed by atoms with E-state index in [4.69, 9.17) is 4.99 Å². The van der Waals surface area contributed by atoms with Gasteiger partial charge in [0.2, 0.25) is 0 Å². The smallest absolute Gasteiger partial charge is 0.311 e. The number of pyridine rings is 1. The van der Waals surface area contributed by atoms with Crippen LogP contribution in [0.15, 0.2) is 47.6 Å². The van der Waals surface area contributed by atoms with Crippen LogP contribution in [0.2, 0.25) is 0 Å². The van der Waals surface area contributed by atoms with E-state index in [2.05, 4.69) is 16.8 Å². The third kappa shape index (κ3) is 2.70. The largest absolute Gasteiger partial charge is 0.502 e. The fraction of sp³-hybridized carbons (Fsp3) is 0.333. The van der Waals surface area contributed by atoms with E-state index in [1.54, 1.807) is 24.0 Å². The van der Waals surface area contributed by atoms with Crippen LogP contribution in [-0.4, -0.2) is 36.9 Å². The van der Waals surface area contributed by atoms with Crippen molar-refractivity contribution in [2.24, 2.45) is 4.99 Å². The third-order valence-corrected chi connectivity index (χ3v) is 5.99. The van der Waals surface area contributed by atoms with Gasteiger partial charge >= 0.3 is 5.69 Å². The molecule has 3 atom stereocenters. The summed E-state index contributed by atoms with van der Waals surface area (Å²) in [6, 6.07) is 10.3. The van der Waals surface area contributed by atoms with Crippen LogP contribution in [0, 0.1) is 10.1 Å². The van der Waals surface area contributed by atoms with Crippen molar-refractivity contribution in [3.8, 4) is 5.75 Å². The van der Waals surface area contributed by atoms with Crippen LogP contribution in [0.1, 0.15) is 36.7 Å². The monoisotopic (exact) mass is 370 g/mol. The molecule has 2 aliphatic heterocycles. The van der Waals surface area contributed by atoms with Crippen molar-refractivity contribution in [1.82, 2.24) is 9.88 Å². The minimum absolute atomic E-state index is 0.167. The fourth-order valence-electron chi connectivity index (χ4n) is 3.58. The first kappa shape index (κ1) is 16.8. The molecule has 26 heavy (non-hydrogen) atoms. The summed E-state index contributed by atoms with van der Waals surface area (Å²) in [4.78, 5) is 22.3. The van der Waals surface area contributed by atoms with E-state index in [9.17, 15) is 15.2 Å². The van der Waals surface area contributed by atoms with Crippen LogP contribution in [0.25, 0.3) is 0 Å². The number of hydrogen-bond acceptors (Lipinski definition) is 7. The van der Waals surface area contributed by atoms with Crippen molar-refractivity contribution in [2.45, 2.75) is 31.5 Å². The highest BCUT2D eigenvalue weighted by atomic mass is 32.2. The Morgan fingerprint density at radius 3 is 2.92 bits per heavy atom. The number of nitrogens with zero attached hydrogens (tertiary/aromatic N) is 4. The number of aromatic nitrogens is 1. The summed E-state index contributed by atoms with van der Waals surface area (Å²) in [7, 11) is 0. The van der Waals surface area contributed by atoms with E-state index >= 15 is 0 Å². The molecule has 1 saturated heterocycles. The van der Waals surface area contributed by atoms with E-state index in [0.29, 0.717) is 6.04 Å². The van der Waals surface area contributed by atoms with Crippen molar-refractivity contribution >= 4 is 22.6 Å². The van der Waals surface area contributed by atoms with Gasteiger partial charge < -0.3 is 10.0 Å². The summed E-state index contributed by atoms with van der Waals surface area (Å²) in [5.41, 5.74) is 1.33. The predicted octanol–water partition coefficient (Wildman–Crippen LogP) is 3.67. The standard InChI is InChI=1S/C18H18N4O3S/c1-2-12-10-26-18-20-16(13-5-3-4-8-19-13)17(21(12)18)11-6-7-15(23)14(9-11)22(24)25/h3-9,12,16-17,23H,2,10H2,1H3/t12-,16+,17+/m1/s1. The third-order valence-electron chi connectivity index (χ3n) is 4.87. The number of aromatic hydroxyl groups is 1. The van der Waals surface area contributed by atoms with Crippen molar-refractivity contribution in [2.75, 3.05) is 5.75 Å². The average molecular weight is 370 g/mol. The summed E-state index contributed by atoms with van der Waals surface area (Å²) in [5, 5.41) is 22.1. The van der Waals surface area contributed by atoms with Crippen LogP contribution in [-0.2, 0) is 0 Å². The lowest BCUT2D eigenvalue weighted by molar-refractivity contribution is -0.386. The zero-order valence-electron chi connectivity index (χ0n) is 14.1. The second kappa shape index (κ2) is 6.60. The Morgan fingerprint density at radius 1 is 1.38 bits per heavy atom. The van der Waals surface area contributed by atoms with E-state index in [1.807, 2.05) is 18.2 Å². The molecule has 2 aliphatic rings. The lowest BCUT2D eigenvalue weighted by Gasteiger charge is -2.31. The van der Waals surface area contributed by atoms with Gasteiger partial charge in [0.05, 0.1) is 16.7 Å². The molecule has 0 unspecified atom stereocenters. The number of hydrogen-bond donors (Lipinski definition) is 1. The number of benzene rings is 1.